The molecule has 1 aliphatic heterocycles. The van der Waals surface area contributed by atoms with Gasteiger partial charge in [0.1, 0.15) is 0 Å². The van der Waals surface area contributed by atoms with Crippen LogP contribution in [0.4, 0.5) is 5.69 Å². The Labute approximate surface area is 138 Å². The van der Waals surface area contributed by atoms with Crippen LogP contribution in [0.5, 0.6) is 0 Å². The van der Waals surface area contributed by atoms with Gasteiger partial charge in [0.25, 0.3) is 0 Å². The number of rotatable bonds is 3. The average molecular weight is 384 g/mol. The minimum Gasteiger partial charge on any atom is -0.382 e. The van der Waals surface area contributed by atoms with E-state index in [1.165, 1.54) is 6.26 Å². The molecule has 0 saturated carbocycles. The van der Waals surface area contributed by atoms with Crippen molar-refractivity contribution in [3.8, 4) is 0 Å². The maximum Gasteiger partial charge on any atom is 0.211 e. The molecule has 7 heteroatoms. The van der Waals surface area contributed by atoms with Crippen molar-refractivity contribution in [3.05, 3.63) is 34.9 Å². The van der Waals surface area contributed by atoms with Gasteiger partial charge in [0.2, 0.25) is 10.0 Å². The van der Waals surface area contributed by atoms with Gasteiger partial charge in [0.15, 0.2) is 0 Å². The van der Waals surface area contributed by atoms with Crippen molar-refractivity contribution in [1.29, 1.82) is 0 Å². The number of nitrogens with one attached hydrogen (secondary N) is 1. The van der Waals surface area contributed by atoms with Crippen LogP contribution in [0, 0.1) is 0 Å². The molecule has 0 amide bonds. The molecular weight excluding hydrogens is 366 g/mol. The molecule has 5 nitrogen and oxygen atoms in total. The molecule has 1 aromatic heterocycles. The van der Waals surface area contributed by atoms with Crippen LogP contribution in [0.15, 0.2) is 34.9 Å². The van der Waals surface area contributed by atoms with Gasteiger partial charge in [-0.25, -0.2) is 12.7 Å². The Morgan fingerprint density at radius 3 is 2.68 bits per heavy atom. The number of fused-ring (bicyclic) bond motifs is 1. The Bertz CT molecular complexity index is 786. The van der Waals surface area contributed by atoms with E-state index in [0.29, 0.717) is 13.1 Å². The van der Waals surface area contributed by atoms with Crippen LogP contribution in [0.1, 0.15) is 12.8 Å². The van der Waals surface area contributed by atoms with Gasteiger partial charge in [0.05, 0.1) is 11.8 Å². The summed E-state index contributed by atoms with van der Waals surface area (Å²) in [6, 6.07) is 8.29. The molecule has 1 aromatic carbocycles. The van der Waals surface area contributed by atoms with Crippen LogP contribution in [0.25, 0.3) is 10.9 Å². The summed E-state index contributed by atoms with van der Waals surface area (Å²) in [5.41, 5.74) is 1.99. The van der Waals surface area contributed by atoms with E-state index >= 15 is 0 Å². The molecule has 1 saturated heterocycles. The zero-order valence-corrected chi connectivity index (χ0v) is 14.7. The summed E-state index contributed by atoms with van der Waals surface area (Å²) in [6.45, 7) is 1.15. The maximum absolute atomic E-state index is 11.6. The first-order valence-corrected chi connectivity index (χ1v) is 9.83. The highest BCUT2D eigenvalue weighted by atomic mass is 79.9. The Kier molecular flexibility index (Phi) is 4.38. The van der Waals surface area contributed by atoms with Crippen molar-refractivity contribution < 1.29 is 8.42 Å². The first-order valence-electron chi connectivity index (χ1n) is 7.19. The zero-order chi connectivity index (χ0) is 15.7. The molecule has 0 radical (unpaired) electrons. The van der Waals surface area contributed by atoms with E-state index < -0.39 is 10.0 Å². The number of hydrogen-bond donors (Lipinski definition) is 1. The maximum atomic E-state index is 11.6. The highest BCUT2D eigenvalue weighted by Gasteiger charge is 2.24. The molecule has 22 heavy (non-hydrogen) atoms. The summed E-state index contributed by atoms with van der Waals surface area (Å²) in [7, 11) is -3.07. The van der Waals surface area contributed by atoms with E-state index in [2.05, 4.69) is 26.2 Å². The highest BCUT2D eigenvalue weighted by molar-refractivity contribution is 9.10. The summed E-state index contributed by atoms with van der Waals surface area (Å²) < 4.78 is 25.7. The molecule has 0 atom stereocenters. The summed E-state index contributed by atoms with van der Waals surface area (Å²) in [5, 5.41) is 4.62. The lowest BCUT2D eigenvalue weighted by Gasteiger charge is -2.31. The van der Waals surface area contributed by atoms with Gasteiger partial charge in [0, 0.05) is 40.9 Å². The van der Waals surface area contributed by atoms with Crippen LogP contribution >= 0.6 is 15.9 Å². The SMILES string of the molecule is CS(=O)(=O)N1CCC(Nc2ccnc3cc(Br)ccc23)CC1. The standard InChI is InChI=1S/C15H18BrN3O2S/c1-22(20,21)19-8-5-12(6-9-19)18-14-4-7-17-15-10-11(16)2-3-13(14)15/h2-4,7,10,12H,5-6,8-9H2,1H3,(H,17,18). The molecule has 1 N–H and O–H groups in total. The fraction of sp³-hybridized carbons (Fsp3) is 0.400. The molecule has 0 spiro atoms. The quantitative estimate of drug-likeness (QED) is 0.884. The largest absolute Gasteiger partial charge is 0.382 e. The number of anilines is 1. The van der Waals surface area contributed by atoms with Crippen LogP contribution in [-0.2, 0) is 10.0 Å². The lowest BCUT2D eigenvalue weighted by atomic mass is 10.1. The van der Waals surface area contributed by atoms with E-state index in [0.717, 1.165) is 33.9 Å². The van der Waals surface area contributed by atoms with Gasteiger partial charge in [-0.15, -0.1) is 0 Å². The third kappa shape index (κ3) is 3.42. The van der Waals surface area contributed by atoms with Crippen molar-refractivity contribution in [3.63, 3.8) is 0 Å². The Balaban J connectivity index is 1.75. The molecule has 0 bridgehead atoms. The van der Waals surface area contributed by atoms with Crippen molar-refractivity contribution >= 4 is 42.5 Å². The first kappa shape index (κ1) is 15.7. The summed E-state index contributed by atoms with van der Waals surface area (Å²) >= 11 is 3.46. The molecule has 1 aliphatic rings. The smallest absolute Gasteiger partial charge is 0.211 e. The van der Waals surface area contributed by atoms with E-state index in [1.807, 2.05) is 24.3 Å². The van der Waals surface area contributed by atoms with E-state index in [1.54, 1.807) is 10.5 Å². The lowest BCUT2D eigenvalue weighted by Crippen LogP contribution is -2.41. The van der Waals surface area contributed by atoms with Crippen LogP contribution in [0.3, 0.4) is 0 Å². The molecular formula is C15H18BrN3O2S. The summed E-state index contributed by atoms with van der Waals surface area (Å²) in [5.74, 6) is 0. The number of aromatic nitrogens is 1. The fourth-order valence-electron chi connectivity index (χ4n) is 2.80. The van der Waals surface area contributed by atoms with Crippen LogP contribution in [-0.4, -0.2) is 43.1 Å². The second-order valence-corrected chi connectivity index (χ2v) is 8.50. The summed E-state index contributed by atoms with van der Waals surface area (Å²) in [4.78, 5) is 4.38. The van der Waals surface area contributed by atoms with Gasteiger partial charge in [-0.3, -0.25) is 4.98 Å². The van der Waals surface area contributed by atoms with E-state index in [9.17, 15) is 8.42 Å². The van der Waals surface area contributed by atoms with Crippen molar-refractivity contribution in [2.45, 2.75) is 18.9 Å². The number of pyridine rings is 1. The number of benzene rings is 1. The van der Waals surface area contributed by atoms with Gasteiger partial charge in [-0.1, -0.05) is 15.9 Å². The van der Waals surface area contributed by atoms with E-state index in [4.69, 9.17) is 0 Å². The summed E-state index contributed by atoms with van der Waals surface area (Å²) in [6.07, 6.45) is 4.69. The van der Waals surface area contributed by atoms with Crippen molar-refractivity contribution in [2.75, 3.05) is 24.7 Å². The predicted octanol–water partition coefficient (Wildman–Crippen LogP) is 2.83. The van der Waals surface area contributed by atoms with E-state index in [-0.39, 0.29) is 6.04 Å². The van der Waals surface area contributed by atoms with Gasteiger partial charge in [-0.2, -0.15) is 0 Å². The topological polar surface area (TPSA) is 62.3 Å². The van der Waals surface area contributed by atoms with Crippen LogP contribution in [0.2, 0.25) is 0 Å². The van der Waals surface area contributed by atoms with Gasteiger partial charge >= 0.3 is 0 Å². The monoisotopic (exact) mass is 383 g/mol. The molecule has 2 heterocycles. The third-order valence-corrected chi connectivity index (χ3v) is 5.78. The number of nitrogens with zero attached hydrogens (tertiary/aromatic N) is 2. The Hall–Kier alpha value is -1.18. The Morgan fingerprint density at radius 1 is 1.27 bits per heavy atom. The van der Waals surface area contributed by atoms with Crippen LogP contribution < -0.4 is 5.32 Å². The zero-order valence-electron chi connectivity index (χ0n) is 12.3. The fourth-order valence-corrected chi connectivity index (χ4v) is 4.02. The molecule has 0 aliphatic carbocycles. The normalized spacial score (nSPS) is 17.7. The second kappa shape index (κ2) is 6.14. The lowest BCUT2D eigenvalue weighted by molar-refractivity contribution is 0.332. The number of piperidine rings is 1. The molecule has 2 aromatic rings. The molecule has 3 rings (SSSR count). The average Bonchev–Trinajstić information content (AvgIpc) is 2.47. The molecule has 118 valence electrons. The highest BCUT2D eigenvalue weighted by Crippen LogP contribution is 2.26. The van der Waals surface area contributed by atoms with Crippen molar-refractivity contribution in [2.24, 2.45) is 0 Å². The van der Waals surface area contributed by atoms with Gasteiger partial charge in [-0.05, 0) is 37.1 Å². The predicted molar refractivity (Wildman–Crippen MR) is 92.5 cm³/mol. The minimum atomic E-state index is -3.07. The first-order chi connectivity index (χ1) is 10.4. The number of sulfonamides is 1. The number of hydrogen-bond acceptors (Lipinski definition) is 4. The third-order valence-electron chi connectivity index (χ3n) is 3.99. The van der Waals surface area contributed by atoms with Crippen molar-refractivity contribution in [1.82, 2.24) is 9.29 Å². The molecule has 1 fully saturated rings. The minimum absolute atomic E-state index is 0.284. The molecule has 0 unspecified atom stereocenters. The number of halogens is 1. The van der Waals surface area contributed by atoms with Gasteiger partial charge < -0.3 is 5.32 Å². The second-order valence-electron chi connectivity index (χ2n) is 5.60. The Morgan fingerprint density at radius 2 is 2.00 bits per heavy atom.